The van der Waals surface area contributed by atoms with E-state index in [1.54, 1.807) is 0 Å². The van der Waals surface area contributed by atoms with Crippen LogP contribution < -0.4 is 0 Å². The Hall–Kier alpha value is -1.85. The molecule has 6 heteroatoms. The molecule has 6 nitrogen and oxygen atoms in total. The Morgan fingerprint density at radius 3 is 3.00 bits per heavy atom. The lowest BCUT2D eigenvalue weighted by Gasteiger charge is -1.79. The van der Waals surface area contributed by atoms with Crippen LogP contribution in [0.1, 0.15) is 16.2 Å². The van der Waals surface area contributed by atoms with Crippen LogP contribution in [0, 0.1) is 0 Å². The number of aromatic carboxylic acids is 1. The smallest absolute Gasteiger partial charge is 0.353 e. The van der Waals surface area contributed by atoms with E-state index in [2.05, 4.69) is 15.4 Å². The number of carboxylic acid groups (broad SMARTS) is 1. The summed E-state index contributed by atoms with van der Waals surface area (Å²) >= 11 is 0. The Morgan fingerprint density at radius 2 is 2.55 bits per heavy atom. The number of nitrogens with zero attached hydrogens (tertiary/aromatic N) is 2. The Kier molecular flexibility index (Phi) is 1.86. The Labute approximate surface area is 61.2 Å². The van der Waals surface area contributed by atoms with Crippen molar-refractivity contribution in [1.29, 1.82) is 0 Å². The van der Waals surface area contributed by atoms with Gasteiger partial charge in [0.15, 0.2) is 0 Å². The van der Waals surface area contributed by atoms with Gasteiger partial charge in [0.1, 0.15) is 11.4 Å². The van der Waals surface area contributed by atoms with Crippen molar-refractivity contribution in [3.8, 4) is 0 Å². The summed E-state index contributed by atoms with van der Waals surface area (Å²) in [6, 6.07) is 1.25. The molecule has 1 aromatic heterocycles. The lowest BCUT2D eigenvalue weighted by molar-refractivity contribution is 0.0690. The molecular weight excluding hydrogens is 150 g/mol. The minimum absolute atomic E-state index is 0.0418. The Morgan fingerprint density at radius 1 is 1.82 bits per heavy atom. The zero-order chi connectivity index (χ0) is 8.27. The van der Waals surface area contributed by atoms with E-state index in [-0.39, 0.29) is 11.4 Å². The minimum Gasteiger partial charge on any atom is -0.477 e. The average Bonchev–Trinajstić information content (AvgIpc) is 2.37. The minimum atomic E-state index is -1.10. The largest absolute Gasteiger partial charge is 0.477 e. The maximum absolute atomic E-state index is 10.2. The summed E-state index contributed by atoms with van der Waals surface area (Å²) in [7, 11) is 0. The highest BCUT2D eigenvalue weighted by molar-refractivity contribution is 5.88. The van der Waals surface area contributed by atoms with Gasteiger partial charge in [0, 0.05) is 0 Å². The molecule has 0 aromatic carbocycles. The molecular formula is C5H5N3O3. The number of aromatic amines is 1. The van der Waals surface area contributed by atoms with E-state index in [9.17, 15) is 4.79 Å². The average molecular weight is 155 g/mol. The molecule has 0 aliphatic carbocycles. The monoisotopic (exact) mass is 155 g/mol. The molecule has 0 bridgehead atoms. The number of rotatable bonds is 2. The van der Waals surface area contributed by atoms with Crippen LogP contribution in [0.15, 0.2) is 11.2 Å². The highest BCUT2D eigenvalue weighted by atomic mass is 16.4. The molecule has 1 rings (SSSR count). The van der Waals surface area contributed by atoms with Gasteiger partial charge in [-0.2, -0.15) is 5.10 Å². The second-order valence-corrected chi connectivity index (χ2v) is 1.76. The Bertz CT molecular complexity index is 291. The fraction of sp³-hybridized carbons (Fsp3) is 0. The number of carbonyl (C=O) groups is 1. The maximum Gasteiger partial charge on any atom is 0.353 e. The summed E-state index contributed by atoms with van der Waals surface area (Å²) in [5, 5.41) is 24.9. The van der Waals surface area contributed by atoms with Gasteiger partial charge < -0.3 is 10.3 Å². The quantitative estimate of drug-likeness (QED) is 0.316. The van der Waals surface area contributed by atoms with Crippen LogP contribution in [0.25, 0.3) is 0 Å². The zero-order valence-electron chi connectivity index (χ0n) is 5.35. The first-order valence-corrected chi connectivity index (χ1v) is 2.70. The van der Waals surface area contributed by atoms with E-state index in [1.807, 2.05) is 0 Å². The molecule has 0 atom stereocenters. The number of carboxylic acids is 1. The van der Waals surface area contributed by atoms with Gasteiger partial charge in [-0.1, -0.05) is 5.16 Å². The predicted octanol–water partition coefficient (Wildman–Crippen LogP) is -0.0840. The maximum atomic E-state index is 10.2. The van der Waals surface area contributed by atoms with Gasteiger partial charge >= 0.3 is 5.97 Å². The first-order valence-electron chi connectivity index (χ1n) is 2.70. The number of hydrogen-bond acceptors (Lipinski definition) is 4. The molecule has 0 unspecified atom stereocenters. The normalized spacial score (nSPS) is 10.5. The van der Waals surface area contributed by atoms with Crippen molar-refractivity contribution < 1.29 is 15.1 Å². The summed E-state index contributed by atoms with van der Waals surface area (Å²) in [4.78, 5) is 10.2. The van der Waals surface area contributed by atoms with Crippen molar-refractivity contribution in [2.75, 3.05) is 0 Å². The highest BCUT2D eigenvalue weighted by Crippen LogP contribution is 1.95. The van der Waals surface area contributed by atoms with Crippen LogP contribution in [-0.4, -0.2) is 32.7 Å². The van der Waals surface area contributed by atoms with E-state index in [0.29, 0.717) is 0 Å². The zero-order valence-corrected chi connectivity index (χ0v) is 5.35. The van der Waals surface area contributed by atoms with Crippen molar-refractivity contribution in [3.05, 3.63) is 17.5 Å². The molecule has 0 spiro atoms. The molecule has 1 heterocycles. The number of aromatic nitrogens is 2. The van der Waals surface area contributed by atoms with Crippen molar-refractivity contribution in [3.63, 3.8) is 0 Å². The van der Waals surface area contributed by atoms with Gasteiger partial charge in [-0.25, -0.2) is 4.79 Å². The lowest BCUT2D eigenvalue weighted by atomic mass is 10.4. The molecule has 11 heavy (non-hydrogen) atoms. The molecule has 0 saturated heterocycles. The number of hydrogen-bond donors (Lipinski definition) is 3. The second kappa shape index (κ2) is 2.82. The highest BCUT2D eigenvalue weighted by Gasteiger charge is 2.05. The molecule has 0 aliphatic rings. The summed E-state index contributed by atoms with van der Waals surface area (Å²) in [6.45, 7) is 0. The van der Waals surface area contributed by atoms with Crippen LogP contribution in [-0.2, 0) is 0 Å². The molecule has 0 radical (unpaired) electrons. The van der Waals surface area contributed by atoms with Crippen molar-refractivity contribution in [2.45, 2.75) is 0 Å². The summed E-state index contributed by atoms with van der Waals surface area (Å²) < 4.78 is 0. The van der Waals surface area contributed by atoms with Gasteiger partial charge in [-0.3, -0.25) is 5.10 Å². The summed E-state index contributed by atoms with van der Waals surface area (Å²) in [5.74, 6) is -1.10. The van der Waals surface area contributed by atoms with E-state index in [0.717, 1.165) is 6.21 Å². The number of oxime groups is 1. The second-order valence-electron chi connectivity index (χ2n) is 1.76. The first kappa shape index (κ1) is 7.26. The van der Waals surface area contributed by atoms with E-state index >= 15 is 0 Å². The summed E-state index contributed by atoms with van der Waals surface area (Å²) in [6.07, 6.45) is 1.03. The predicted molar refractivity (Wildman–Crippen MR) is 34.9 cm³/mol. The molecule has 1 aromatic rings. The van der Waals surface area contributed by atoms with Gasteiger partial charge in [-0.15, -0.1) is 0 Å². The molecule has 0 saturated carbocycles. The van der Waals surface area contributed by atoms with Crippen LogP contribution in [0.5, 0.6) is 0 Å². The van der Waals surface area contributed by atoms with Gasteiger partial charge in [0.05, 0.1) is 6.21 Å². The molecule has 58 valence electrons. The van der Waals surface area contributed by atoms with E-state index < -0.39 is 5.97 Å². The van der Waals surface area contributed by atoms with Crippen LogP contribution >= 0.6 is 0 Å². The van der Waals surface area contributed by atoms with Gasteiger partial charge in [0.25, 0.3) is 0 Å². The standard InChI is InChI=1S/C5H5N3O3/c9-5(10)4-1-3(2-6-11)7-8-4/h1-2,11H,(H,7,8)(H,9,10). The van der Waals surface area contributed by atoms with Crippen molar-refractivity contribution in [2.24, 2.45) is 5.16 Å². The van der Waals surface area contributed by atoms with Crippen LogP contribution in [0.4, 0.5) is 0 Å². The third-order valence-corrected chi connectivity index (χ3v) is 1.02. The fourth-order valence-corrected chi connectivity index (χ4v) is 0.572. The van der Waals surface area contributed by atoms with Gasteiger partial charge in [0.2, 0.25) is 0 Å². The number of H-pyrrole nitrogens is 1. The third kappa shape index (κ3) is 1.54. The van der Waals surface area contributed by atoms with Crippen molar-refractivity contribution >= 4 is 12.2 Å². The molecule has 0 fully saturated rings. The molecule has 3 N–H and O–H groups in total. The van der Waals surface area contributed by atoms with E-state index in [1.165, 1.54) is 6.07 Å². The Balaban J connectivity index is 2.90. The van der Waals surface area contributed by atoms with E-state index in [4.69, 9.17) is 10.3 Å². The summed E-state index contributed by atoms with van der Waals surface area (Å²) in [5.41, 5.74) is 0.227. The topological polar surface area (TPSA) is 98.6 Å². The molecule has 0 aliphatic heterocycles. The van der Waals surface area contributed by atoms with Crippen molar-refractivity contribution in [1.82, 2.24) is 10.2 Å². The number of nitrogens with one attached hydrogen (secondary N) is 1. The third-order valence-electron chi connectivity index (χ3n) is 1.02. The SMILES string of the molecule is O=C(O)c1cc(C=NO)n[nH]1. The fourth-order valence-electron chi connectivity index (χ4n) is 0.572. The first-order chi connectivity index (χ1) is 5.24. The van der Waals surface area contributed by atoms with Crippen LogP contribution in [0.2, 0.25) is 0 Å². The van der Waals surface area contributed by atoms with Crippen LogP contribution in [0.3, 0.4) is 0 Å². The van der Waals surface area contributed by atoms with Gasteiger partial charge in [-0.05, 0) is 6.07 Å². The molecule has 0 amide bonds. The lowest BCUT2D eigenvalue weighted by Crippen LogP contribution is -1.95.